The fourth-order valence-corrected chi connectivity index (χ4v) is 3.65. The van der Waals surface area contributed by atoms with E-state index in [1.165, 1.54) is 16.5 Å². The first kappa shape index (κ1) is 18.4. The first-order valence-corrected chi connectivity index (χ1v) is 9.54. The van der Waals surface area contributed by atoms with E-state index in [2.05, 4.69) is 37.8 Å². The van der Waals surface area contributed by atoms with Crippen molar-refractivity contribution in [2.45, 2.75) is 33.1 Å². The Morgan fingerprint density at radius 2 is 1.96 bits per heavy atom. The van der Waals surface area contributed by atoms with Crippen molar-refractivity contribution >= 4 is 17.4 Å². The maximum Gasteiger partial charge on any atom is 0.298 e. The van der Waals surface area contributed by atoms with E-state index in [-0.39, 0.29) is 23.6 Å². The number of aromatic amines is 1. The highest BCUT2D eigenvalue weighted by molar-refractivity contribution is 5.92. The Hall–Kier alpha value is -3.00. The van der Waals surface area contributed by atoms with Crippen molar-refractivity contribution < 1.29 is 4.79 Å². The molecule has 0 spiro atoms. The van der Waals surface area contributed by atoms with E-state index >= 15 is 0 Å². The Morgan fingerprint density at radius 1 is 1.21 bits per heavy atom. The number of carbonyl (C=O) groups excluding carboxylic acids is 1. The molecule has 1 aliphatic heterocycles. The minimum atomic E-state index is -0.364. The Kier molecular flexibility index (Phi) is 4.95. The van der Waals surface area contributed by atoms with E-state index < -0.39 is 0 Å². The molecule has 8 heteroatoms. The van der Waals surface area contributed by atoms with E-state index in [1.54, 1.807) is 13.8 Å². The molecular formula is C20H24N6O2. The van der Waals surface area contributed by atoms with Gasteiger partial charge >= 0.3 is 0 Å². The van der Waals surface area contributed by atoms with Crippen LogP contribution in [0.1, 0.15) is 29.1 Å². The average molecular weight is 380 g/mol. The summed E-state index contributed by atoms with van der Waals surface area (Å²) in [7, 11) is 0. The van der Waals surface area contributed by atoms with Crippen molar-refractivity contribution in [1.29, 1.82) is 0 Å². The SMILES string of the molecule is Cc1nc2nc(C)c(NC(=O)Cc3ccc(CC4CCNC4)cc3)c(=O)n2[nH]1. The molecule has 0 bridgehead atoms. The largest absolute Gasteiger partial charge is 0.320 e. The van der Waals surface area contributed by atoms with E-state index in [9.17, 15) is 9.59 Å². The van der Waals surface area contributed by atoms with E-state index in [0.29, 0.717) is 23.2 Å². The number of hydrogen-bond donors (Lipinski definition) is 3. The van der Waals surface area contributed by atoms with Crippen LogP contribution in [0.2, 0.25) is 0 Å². The molecule has 1 atom stereocenters. The molecule has 8 nitrogen and oxygen atoms in total. The predicted octanol–water partition coefficient (Wildman–Crippen LogP) is 1.37. The quantitative estimate of drug-likeness (QED) is 0.620. The Morgan fingerprint density at radius 3 is 2.68 bits per heavy atom. The molecule has 1 amide bonds. The molecule has 28 heavy (non-hydrogen) atoms. The number of anilines is 1. The van der Waals surface area contributed by atoms with Crippen molar-refractivity contribution in [2.75, 3.05) is 18.4 Å². The van der Waals surface area contributed by atoms with Crippen LogP contribution in [0.3, 0.4) is 0 Å². The Labute approximate surface area is 162 Å². The molecule has 1 unspecified atom stereocenters. The van der Waals surface area contributed by atoms with Crippen LogP contribution in [0.15, 0.2) is 29.1 Å². The van der Waals surface area contributed by atoms with Crippen LogP contribution in [0.5, 0.6) is 0 Å². The van der Waals surface area contributed by atoms with Crippen molar-refractivity contribution in [2.24, 2.45) is 5.92 Å². The zero-order valence-electron chi connectivity index (χ0n) is 16.1. The van der Waals surface area contributed by atoms with Crippen molar-refractivity contribution in [3.05, 3.63) is 57.3 Å². The minimum Gasteiger partial charge on any atom is -0.320 e. The van der Waals surface area contributed by atoms with Crippen molar-refractivity contribution in [3.8, 4) is 0 Å². The smallest absolute Gasteiger partial charge is 0.298 e. The second-order valence-electron chi connectivity index (χ2n) is 7.43. The molecule has 3 N–H and O–H groups in total. The Balaban J connectivity index is 1.44. The highest BCUT2D eigenvalue weighted by atomic mass is 16.2. The zero-order valence-corrected chi connectivity index (χ0v) is 16.1. The predicted molar refractivity (Wildman–Crippen MR) is 107 cm³/mol. The molecule has 2 aromatic heterocycles. The summed E-state index contributed by atoms with van der Waals surface area (Å²) in [6.07, 6.45) is 2.48. The standard InChI is InChI=1S/C20H24N6O2/c1-12-18(19(28)26-20(22-12)23-13(2)25-26)24-17(27)10-15-5-3-14(4-6-15)9-16-7-8-21-11-16/h3-6,16,21H,7-11H2,1-2H3,(H,24,27)(H,22,23,25). The molecule has 1 saturated heterocycles. The fraction of sp³-hybridized carbons (Fsp3) is 0.400. The number of rotatable bonds is 5. The number of carbonyl (C=O) groups is 1. The number of nitrogens with zero attached hydrogens (tertiary/aromatic N) is 3. The molecule has 1 aliphatic rings. The van der Waals surface area contributed by atoms with Gasteiger partial charge in [-0.2, -0.15) is 9.50 Å². The number of fused-ring (bicyclic) bond motifs is 1. The van der Waals surface area contributed by atoms with Gasteiger partial charge in [0.25, 0.3) is 11.3 Å². The van der Waals surface area contributed by atoms with Gasteiger partial charge < -0.3 is 10.6 Å². The summed E-state index contributed by atoms with van der Waals surface area (Å²) in [5.41, 5.74) is 2.46. The van der Waals surface area contributed by atoms with Crippen LogP contribution >= 0.6 is 0 Å². The summed E-state index contributed by atoms with van der Waals surface area (Å²) >= 11 is 0. The van der Waals surface area contributed by atoms with E-state index in [4.69, 9.17) is 0 Å². The van der Waals surface area contributed by atoms with Crippen LogP contribution in [0, 0.1) is 19.8 Å². The summed E-state index contributed by atoms with van der Waals surface area (Å²) in [5.74, 6) is 1.33. The molecular weight excluding hydrogens is 356 g/mol. The second-order valence-corrected chi connectivity index (χ2v) is 7.43. The highest BCUT2D eigenvalue weighted by Gasteiger charge is 2.16. The normalized spacial score (nSPS) is 16.6. The lowest BCUT2D eigenvalue weighted by Gasteiger charge is -2.10. The van der Waals surface area contributed by atoms with Gasteiger partial charge in [0.15, 0.2) is 0 Å². The van der Waals surface area contributed by atoms with Crippen molar-refractivity contribution in [1.82, 2.24) is 24.9 Å². The number of hydrogen-bond acceptors (Lipinski definition) is 5. The van der Waals surface area contributed by atoms with E-state index in [1.807, 2.05) is 12.1 Å². The number of nitrogens with one attached hydrogen (secondary N) is 3. The van der Waals surface area contributed by atoms with Crippen LogP contribution in [0.25, 0.3) is 5.78 Å². The lowest BCUT2D eigenvalue weighted by molar-refractivity contribution is -0.115. The number of amides is 1. The maximum atomic E-state index is 12.6. The van der Waals surface area contributed by atoms with Gasteiger partial charge in [-0.3, -0.25) is 14.7 Å². The van der Waals surface area contributed by atoms with Gasteiger partial charge in [-0.1, -0.05) is 24.3 Å². The average Bonchev–Trinajstić information content (AvgIpc) is 3.29. The second kappa shape index (κ2) is 7.55. The maximum absolute atomic E-state index is 12.6. The van der Waals surface area contributed by atoms with Crippen LogP contribution in [-0.4, -0.2) is 38.6 Å². The molecule has 4 rings (SSSR count). The molecule has 0 radical (unpaired) electrons. The molecule has 3 aromatic rings. The summed E-state index contributed by atoms with van der Waals surface area (Å²) < 4.78 is 1.24. The fourth-order valence-electron chi connectivity index (χ4n) is 3.65. The first-order valence-electron chi connectivity index (χ1n) is 9.54. The molecule has 0 aliphatic carbocycles. The summed E-state index contributed by atoms with van der Waals surface area (Å²) in [6, 6.07) is 8.14. The number of aryl methyl sites for hydroxylation is 2. The summed E-state index contributed by atoms with van der Waals surface area (Å²) in [4.78, 5) is 33.5. The minimum absolute atomic E-state index is 0.177. The topological polar surface area (TPSA) is 104 Å². The number of benzene rings is 1. The number of H-pyrrole nitrogens is 1. The van der Waals surface area contributed by atoms with Crippen LogP contribution in [-0.2, 0) is 17.6 Å². The molecule has 1 fully saturated rings. The Bertz CT molecular complexity index is 1060. The third-order valence-corrected chi connectivity index (χ3v) is 5.13. The van der Waals surface area contributed by atoms with Gasteiger partial charge in [-0.25, -0.2) is 4.98 Å². The third kappa shape index (κ3) is 3.82. The van der Waals surface area contributed by atoms with Gasteiger partial charge in [-0.15, -0.1) is 0 Å². The summed E-state index contributed by atoms with van der Waals surface area (Å²) in [5, 5.41) is 8.92. The van der Waals surface area contributed by atoms with Crippen molar-refractivity contribution in [3.63, 3.8) is 0 Å². The van der Waals surface area contributed by atoms with Crippen LogP contribution in [0.4, 0.5) is 5.69 Å². The lowest BCUT2D eigenvalue weighted by Crippen LogP contribution is -2.26. The van der Waals surface area contributed by atoms with Gasteiger partial charge in [0.05, 0.1) is 12.1 Å². The van der Waals surface area contributed by atoms with Crippen LogP contribution < -0.4 is 16.2 Å². The third-order valence-electron chi connectivity index (χ3n) is 5.13. The van der Waals surface area contributed by atoms with Gasteiger partial charge in [0, 0.05) is 0 Å². The lowest BCUT2D eigenvalue weighted by atomic mass is 9.97. The van der Waals surface area contributed by atoms with Gasteiger partial charge in [0.1, 0.15) is 11.5 Å². The monoisotopic (exact) mass is 380 g/mol. The van der Waals surface area contributed by atoms with Gasteiger partial charge in [0.2, 0.25) is 5.91 Å². The summed E-state index contributed by atoms with van der Waals surface area (Å²) in [6.45, 7) is 5.61. The molecule has 0 saturated carbocycles. The highest BCUT2D eigenvalue weighted by Crippen LogP contribution is 2.16. The first-order chi connectivity index (χ1) is 13.5. The zero-order chi connectivity index (χ0) is 19.7. The molecule has 146 valence electrons. The molecule has 1 aromatic carbocycles. The van der Waals surface area contributed by atoms with Gasteiger partial charge in [-0.05, 0) is 56.8 Å². The van der Waals surface area contributed by atoms with E-state index in [0.717, 1.165) is 25.1 Å². The molecule has 3 heterocycles. The number of aromatic nitrogens is 4.